The van der Waals surface area contributed by atoms with Crippen molar-refractivity contribution in [3.63, 3.8) is 0 Å². The van der Waals surface area contributed by atoms with Gasteiger partial charge in [0.25, 0.3) is 25.7 Å². The van der Waals surface area contributed by atoms with Gasteiger partial charge in [0.2, 0.25) is 0 Å². The summed E-state index contributed by atoms with van der Waals surface area (Å²) in [4.78, 5) is 0. The number of rotatable bonds is 10. The maximum absolute atomic E-state index is 13.2. The molecule has 6 rings (SSSR count). The molecular weight excluding hydrogens is 643 g/mol. The molecule has 4 aromatic rings. The zero-order chi connectivity index (χ0) is 31.7. The van der Waals surface area contributed by atoms with Gasteiger partial charge in [0, 0.05) is 56.3 Å². The monoisotopic (exact) mass is 666 g/mol. The average Bonchev–Trinajstić information content (AvgIpc) is 3.95. The third-order valence-electron chi connectivity index (χ3n) is 7.47. The molecule has 0 bridgehead atoms. The van der Waals surface area contributed by atoms with E-state index in [1.807, 2.05) is 0 Å². The van der Waals surface area contributed by atoms with Crippen molar-refractivity contribution in [2.45, 2.75) is 75.0 Å². The number of hydrogen-bond donors (Lipinski definition) is 0. The minimum Gasteiger partial charge on any atom is -0.360 e. The summed E-state index contributed by atoms with van der Waals surface area (Å²) in [7, 11) is 0. The van der Waals surface area contributed by atoms with E-state index in [-0.39, 0.29) is 46.1 Å². The zero-order valence-corrected chi connectivity index (χ0v) is 24.2. The van der Waals surface area contributed by atoms with E-state index in [9.17, 15) is 35.1 Å². The van der Waals surface area contributed by atoms with Crippen molar-refractivity contribution < 1.29 is 44.2 Å². The van der Waals surface area contributed by atoms with Gasteiger partial charge in [0.05, 0.1) is 11.8 Å². The molecule has 2 aliphatic rings. The molecule has 0 amide bonds. The van der Waals surface area contributed by atoms with Gasteiger partial charge in [-0.1, -0.05) is 46.7 Å². The van der Waals surface area contributed by atoms with Crippen LogP contribution in [0.1, 0.15) is 108 Å². The quantitative estimate of drug-likeness (QED) is 0.125. The first-order chi connectivity index (χ1) is 21.1. The Hall–Kier alpha value is -3.12. The van der Waals surface area contributed by atoms with E-state index >= 15 is 0 Å². The van der Waals surface area contributed by atoms with Gasteiger partial charge in [0.1, 0.15) is 22.9 Å². The number of hydrogen-bond acceptors (Lipinski definition) is 4. The van der Waals surface area contributed by atoms with E-state index in [4.69, 9.17) is 32.2 Å². The van der Waals surface area contributed by atoms with Gasteiger partial charge in [-0.25, -0.2) is 35.1 Å². The molecule has 0 radical (unpaired) electrons. The molecule has 236 valence electrons. The Balaban J connectivity index is 0.000000175. The highest BCUT2D eigenvalue weighted by atomic mass is 35.5. The van der Waals surface area contributed by atoms with Crippen molar-refractivity contribution in [1.82, 2.24) is 10.3 Å². The van der Waals surface area contributed by atoms with Crippen LogP contribution in [0.25, 0.3) is 22.5 Å². The SMILES string of the molecule is FC(F)c1cccc(C(F)F)c1-c1noc(C2CC2)c1CCl.FC(F)c1cccc(C(F)F)c1-c1noc(C2CC2)c1CCl. The van der Waals surface area contributed by atoms with Gasteiger partial charge < -0.3 is 9.05 Å². The summed E-state index contributed by atoms with van der Waals surface area (Å²) >= 11 is 11.8. The Morgan fingerprint density at radius 1 is 0.568 bits per heavy atom. The third-order valence-corrected chi connectivity index (χ3v) is 8.01. The van der Waals surface area contributed by atoms with Crippen LogP contribution < -0.4 is 0 Å². The highest BCUT2D eigenvalue weighted by Gasteiger charge is 2.36. The highest BCUT2D eigenvalue weighted by molar-refractivity contribution is 6.17. The van der Waals surface area contributed by atoms with Crippen molar-refractivity contribution in [2.75, 3.05) is 0 Å². The van der Waals surface area contributed by atoms with Crippen molar-refractivity contribution in [3.8, 4) is 22.5 Å². The van der Waals surface area contributed by atoms with Gasteiger partial charge in [-0.3, -0.25) is 0 Å². The normalized spacial score (nSPS) is 15.0. The molecule has 2 heterocycles. The van der Waals surface area contributed by atoms with Crippen LogP contribution in [0, 0.1) is 0 Å². The number of halogens is 10. The predicted octanol–water partition coefficient (Wildman–Crippen LogP) is 11.7. The molecule has 0 spiro atoms. The standard InChI is InChI=1S/2C15H12ClF4NO/c2*16-6-10-12(21-22-13(10)7-4-5-7)11-8(14(17)18)2-1-3-9(11)15(19)20/h2*1-3,7,14-15H,4-6H2. The molecule has 0 aliphatic heterocycles. The second kappa shape index (κ2) is 13.5. The number of alkyl halides is 10. The fraction of sp³-hybridized carbons (Fsp3) is 0.400. The number of nitrogens with zero attached hydrogens (tertiary/aromatic N) is 2. The molecule has 0 N–H and O–H groups in total. The first-order valence-corrected chi connectivity index (χ1v) is 14.6. The Kier molecular flexibility index (Phi) is 9.89. The Morgan fingerprint density at radius 2 is 0.864 bits per heavy atom. The smallest absolute Gasteiger partial charge is 0.264 e. The zero-order valence-electron chi connectivity index (χ0n) is 22.7. The molecule has 0 saturated heterocycles. The predicted molar refractivity (Wildman–Crippen MR) is 147 cm³/mol. The molecule has 2 aromatic carbocycles. The van der Waals surface area contributed by atoms with Crippen LogP contribution in [-0.4, -0.2) is 10.3 Å². The summed E-state index contributed by atoms with van der Waals surface area (Å²) in [5.74, 6) is 1.31. The van der Waals surface area contributed by atoms with Crippen LogP contribution in [0.2, 0.25) is 0 Å². The molecule has 0 atom stereocenters. The highest BCUT2D eigenvalue weighted by Crippen LogP contribution is 2.48. The van der Waals surface area contributed by atoms with E-state index in [0.717, 1.165) is 49.9 Å². The maximum atomic E-state index is 13.2. The molecule has 14 heteroatoms. The lowest BCUT2D eigenvalue weighted by Crippen LogP contribution is -1.99. The minimum absolute atomic E-state index is 0.00287. The molecule has 44 heavy (non-hydrogen) atoms. The van der Waals surface area contributed by atoms with E-state index in [1.54, 1.807) is 0 Å². The Labute approximate surface area is 256 Å². The molecule has 2 aromatic heterocycles. The van der Waals surface area contributed by atoms with Crippen LogP contribution in [0.15, 0.2) is 45.4 Å². The lowest BCUT2D eigenvalue weighted by atomic mass is 9.95. The molecule has 2 aliphatic carbocycles. The van der Waals surface area contributed by atoms with Gasteiger partial charge in [-0.15, -0.1) is 23.2 Å². The van der Waals surface area contributed by atoms with Crippen molar-refractivity contribution in [2.24, 2.45) is 0 Å². The third kappa shape index (κ3) is 6.47. The molecule has 0 unspecified atom stereocenters. The topological polar surface area (TPSA) is 52.1 Å². The van der Waals surface area contributed by atoms with E-state index < -0.39 is 48.0 Å². The average molecular weight is 667 g/mol. The molecule has 2 fully saturated rings. The van der Waals surface area contributed by atoms with Gasteiger partial charge >= 0.3 is 0 Å². The van der Waals surface area contributed by atoms with E-state index in [0.29, 0.717) is 22.6 Å². The summed E-state index contributed by atoms with van der Waals surface area (Å²) in [5, 5.41) is 7.56. The molecule has 2 saturated carbocycles. The Bertz CT molecular complexity index is 1430. The summed E-state index contributed by atoms with van der Waals surface area (Å²) in [6.07, 6.45) is -7.97. The lowest BCUT2D eigenvalue weighted by Gasteiger charge is -2.13. The fourth-order valence-electron chi connectivity index (χ4n) is 5.08. The maximum Gasteiger partial charge on any atom is 0.264 e. The molecule has 4 nitrogen and oxygen atoms in total. The van der Waals surface area contributed by atoms with Crippen LogP contribution in [0.4, 0.5) is 35.1 Å². The second-order valence-electron chi connectivity index (χ2n) is 10.4. The van der Waals surface area contributed by atoms with Crippen LogP contribution >= 0.6 is 23.2 Å². The first-order valence-electron chi connectivity index (χ1n) is 13.6. The van der Waals surface area contributed by atoms with Crippen molar-refractivity contribution in [1.29, 1.82) is 0 Å². The largest absolute Gasteiger partial charge is 0.360 e. The number of aromatic nitrogens is 2. The summed E-state index contributed by atoms with van der Waals surface area (Å²) in [6, 6.07) is 6.86. The van der Waals surface area contributed by atoms with E-state index in [2.05, 4.69) is 10.3 Å². The molecular formula is C30H24Cl2F8N2O2. The van der Waals surface area contributed by atoms with Crippen LogP contribution in [0.5, 0.6) is 0 Å². The minimum atomic E-state index is -2.89. The van der Waals surface area contributed by atoms with Crippen molar-refractivity contribution in [3.05, 3.63) is 81.3 Å². The van der Waals surface area contributed by atoms with Gasteiger partial charge in [-0.2, -0.15) is 0 Å². The Morgan fingerprint density at radius 3 is 1.09 bits per heavy atom. The van der Waals surface area contributed by atoms with E-state index in [1.165, 1.54) is 12.1 Å². The first kappa shape index (κ1) is 32.3. The van der Waals surface area contributed by atoms with Crippen LogP contribution in [0.3, 0.4) is 0 Å². The summed E-state index contributed by atoms with van der Waals surface area (Å²) in [6.45, 7) is 0. The lowest BCUT2D eigenvalue weighted by molar-refractivity contribution is 0.144. The number of benzene rings is 2. The van der Waals surface area contributed by atoms with Gasteiger partial charge in [-0.05, 0) is 25.7 Å². The summed E-state index contributed by atoms with van der Waals surface area (Å²) in [5.41, 5.74) is -1.61. The summed E-state index contributed by atoms with van der Waals surface area (Å²) < 4.78 is 116. The fourth-order valence-corrected chi connectivity index (χ4v) is 5.60. The van der Waals surface area contributed by atoms with Crippen molar-refractivity contribution >= 4 is 23.2 Å². The van der Waals surface area contributed by atoms with Crippen LogP contribution in [-0.2, 0) is 11.8 Å². The second-order valence-corrected chi connectivity index (χ2v) is 10.9. The van der Waals surface area contributed by atoms with Gasteiger partial charge in [0.15, 0.2) is 0 Å².